The highest BCUT2D eigenvalue weighted by molar-refractivity contribution is 7.19. The van der Waals surface area contributed by atoms with Crippen LogP contribution in [0.3, 0.4) is 0 Å². The topological polar surface area (TPSA) is 61.4 Å². The number of carbonyl (C=O) groups excluding carboxylic acids is 2. The normalized spacial score (nSPS) is 15.6. The first-order valence-electron chi connectivity index (χ1n) is 8.40. The number of nitrogens with one attached hydrogen (secondary N) is 2. The van der Waals surface area contributed by atoms with Crippen molar-refractivity contribution in [3.8, 4) is 0 Å². The quantitative estimate of drug-likeness (QED) is 0.844. The lowest BCUT2D eigenvalue weighted by Crippen LogP contribution is -2.42. The van der Waals surface area contributed by atoms with Crippen LogP contribution in [0.1, 0.15) is 30.7 Å². The summed E-state index contributed by atoms with van der Waals surface area (Å²) in [4.78, 5) is 26.8. The van der Waals surface area contributed by atoms with E-state index < -0.39 is 0 Å². The molecule has 1 aromatic carbocycles. The number of hydrogen-bond acceptors (Lipinski definition) is 4. The lowest BCUT2D eigenvalue weighted by Gasteiger charge is -2.16. The molecular weight excluding hydrogens is 322 g/mol. The van der Waals surface area contributed by atoms with Gasteiger partial charge in [-0.25, -0.2) is 0 Å². The van der Waals surface area contributed by atoms with Crippen molar-refractivity contribution in [2.45, 2.75) is 25.8 Å². The molecule has 0 unspecified atom stereocenters. The molecule has 0 saturated carbocycles. The molecule has 3 rings (SSSR count). The maximum Gasteiger partial charge on any atom is 0.241 e. The van der Waals surface area contributed by atoms with Gasteiger partial charge in [-0.3, -0.25) is 9.59 Å². The highest BCUT2D eigenvalue weighted by Gasteiger charge is 2.18. The van der Waals surface area contributed by atoms with E-state index in [0.717, 1.165) is 25.9 Å². The maximum absolute atomic E-state index is 11.9. The van der Waals surface area contributed by atoms with Gasteiger partial charge < -0.3 is 15.5 Å². The molecule has 2 aromatic rings. The number of likely N-dealkylation sites (tertiary alicyclic amines) is 1. The zero-order valence-electron chi connectivity index (χ0n) is 13.9. The minimum Gasteiger partial charge on any atom is -0.346 e. The molecule has 0 spiro atoms. The molecule has 0 radical (unpaired) electrons. The molecular formula is C18H23N3O2S. The SMILES string of the molecule is C[C@@H](NCC(=O)NCC(=O)N1CCCC1)c1cc2ccccc2s1. The zero-order chi connectivity index (χ0) is 16.9. The van der Waals surface area contributed by atoms with E-state index in [1.165, 1.54) is 15.0 Å². The summed E-state index contributed by atoms with van der Waals surface area (Å²) in [5.74, 6) is -0.131. The Labute approximate surface area is 146 Å². The second-order valence-corrected chi connectivity index (χ2v) is 7.27. The summed E-state index contributed by atoms with van der Waals surface area (Å²) in [7, 11) is 0. The van der Waals surface area contributed by atoms with Crippen LogP contribution in [0.5, 0.6) is 0 Å². The Morgan fingerprint density at radius 2 is 1.96 bits per heavy atom. The predicted octanol–water partition coefficient (Wildman–Crippen LogP) is 2.29. The second-order valence-electron chi connectivity index (χ2n) is 6.15. The molecule has 1 atom stereocenters. The van der Waals surface area contributed by atoms with E-state index in [0.29, 0.717) is 0 Å². The van der Waals surface area contributed by atoms with Crippen molar-refractivity contribution in [2.75, 3.05) is 26.2 Å². The molecule has 2 amide bonds. The molecule has 6 heteroatoms. The summed E-state index contributed by atoms with van der Waals surface area (Å²) < 4.78 is 1.25. The van der Waals surface area contributed by atoms with E-state index in [1.807, 2.05) is 24.0 Å². The zero-order valence-corrected chi connectivity index (χ0v) is 14.7. The van der Waals surface area contributed by atoms with Gasteiger partial charge in [0.2, 0.25) is 11.8 Å². The first kappa shape index (κ1) is 16.9. The summed E-state index contributed by atoms with van der Waals surface area (Å²) in [6.07, 6.45) is 2.13. The molecule has 128 valence electrons. The van der Waals surface area contributed by atoms with Gasteiger partial charge in [0, 0.05) is 28.7 Å². The Hall–Kier alpha value is -1.92. The summed E-state index contributed by atoms with van der Waals surface area (Å²) in [5.41, 5.74) is 0. The van der Waals surface area contributed by atoms with Crippen molar-refractivity contribution >= 4 is 33.2 Å². The summed E-state index contributed by atoms with van der Waals surface area (Å²) in [6.45, 7) is 3.99. The average molecular weight is 345 g/mol. The number of amides is 2. The van der Waals surface area contributed by atoms with Gasteiger partial charge >= 0.3 is 0 Å². The summed E-state index contributed by atoms with van der Waals surface area (Å²) >= 11 is 1.74. The number of benzene rings is 1. The maximum atomic E-state index is 11.9. The van der Waals surface area contributed by atoms with Crippen LogP contribution in [0.4, 0.5) is 0 Å². The summed E-state index contributed by atoms with van der Waals surface area (Å²) in [5, 5.41) is 7.16. The van der Waals surface area contributed by atoms with Gasteiger partial charge in [-0.15, -0.1) is 11.3 Å². The number of hydrogen-bond donors (Lipinski definition) is 2. The molecule has 0 aliphatic carbocycles. The van der Waals surface area contributed by atoms with Crippen LogP contribution in [0.15, 0.2) is 30.3 Å². The third kappa shape index (κ3) is 4.13. The van der Waals surface area contributed by atoms with Crippen LogP contribution in [0.25, 0.3) is 10.1 Å². The number of thiophene rings is 1. The monoisotopic (exact) mass is 345 g/mol. The van der Waals surface area contributed by atoms with Crippen molar-refractivity contribution in [1.29, 1.82) is 0 Å². The van der Waals surface area contributed by atoms with E-state index >= 15 is 0 Å². The largest absolute Gasteiger partial charge is 0.346 e. The van der Waals surface area contributed by atoms with E-state index in [-0.39, 0.29) is 30.9 Å². The first-order chi connectivity index (χ1) is 11.6. The first-order valence-corrected chi connectivity index (χ1v) is 9.21. The van der Waals surface area contributed by atoms with Gasteiger partial charge in [0.15, 0.2) is 0 Å². The minimum absolute atomic E-state index is 0.0124. The van der Waals surface area contributed by atoms with Gasteiger partial charge in [-0.05, 0) is 37.3 Å². The van der Waals surface area contributed by atoms with Gasteiger partial charge in [0.25, 0.3) is 0 Å². The highest BCUT2D eigenvalue weighted by Crippen LogP contribution is 2.29. The lowest BCUT2D eigenvalue weighted by molar-refractivity contribution is -0.131. The Morgan fingerprint density at radius 1 is 1.21 bits per heavy atom. The van der Waals surface area contributed by atoms with E-state index in [4.69, 9.17) is 0 Å². The average Bonchev–Trinajstić information content (AvgIpc) is 3.26. The van der Waals surface area contributed by atoms with Crippen LogP contribution in [-0.2, 0) is 9.59 Å². The third-order valence-electron chi connectivity index (χ3n) is 4.34. The van der Waals surface area contributed by atoms with Crippen molar-refractivity contribution in [3.63, 3.8) is 0 Å². The van der Waals surface area contributed by atoms with Crippen LogP contribution in [0.2, 0.25) is 0 Å². The lowest BCUT2D eigenvalue weighted by atomic mass is 10.2. The molecule has 0 bridgehead atoms. The Bertz CT molecular complexity index is 689. The van der Waals surface area contributed by atoms with Crippen LogP contribution >= 0.6 is 11.3 Å². The van der Waals surface area contributed by atoms with Crippen molar-refractivity contribution in [2.24, 2.45) is 0 Å². The number of nitrogens with zero attached hydrogens (tertiary/aromatic N) is 1. The smallest absolute Gasteiger partial charge is 0.241 e. The molecule has 2 heterocycles. The van der Waals surface area contributed by atoms with Gasteiger partial charge in [-0.1, -0.05) is 18.2 Å². The molecule has 24 heavy (non-hydrogen) atoms. The molecule has 1 aliphatic rings. The van der Waals surface area contributed by atoms with Gasteiger partial charge in [-0.2, -0.15) is 0 Å². The fraction of sp³-hybridized carbons (Fsp3) is 0.444. The van der Waals surface area contributed by atoms with Crippen LogP contribution < -0.4 is 10.6 Å². The predicted molar refractivity (Wildman–Crippen MR) is 97.1 cm³/mol. The van der Waals surface area contributed by atoms with E-state index in [1.54, 1.807) is 11.3 Å². The van der Waals surface area contributed by atoms with E-state index in [9.17, 15) is 9.59 Å². The van der Waals surface area contributed by atoms with Gasteiger partial charge in [0.1, 0.15) is 0 Å². The van der Waals surface area contributed by atoms with Crippen molar-refractivity contribution < 1.29 is 9.59 Å². The molecule has 1 saturated heterocycles. The standard InChI is InChI=1S/C18H23N3O2S/c1-13(16-10-14-6-2-3-7-15(14)24-16)19-11-17(22)20-12-18(23)21-8-4-5-9-21/h2-3,6-7,10,13,19H,4-5,8-9,11-12H2,1H3,(H,20,22)/t13-/m1/s1. The van der Waals surface area contributed by atoms with E-state index in [2.05, 4.69) is 28.8 Å². The molecule has 1 fully saturated rings. The fourth-order valence-electron chi connectivity index (χ4n) is 2.88. The van der Waals surface area contributed by atoms with Gasteiger partial charge in [0.05, 0.1) is 13.1 Å². The Balaban J connectivity index is 1.44. The minimum atomic E-state index is -0.143. The van der Waals surface area contributed by atoms with Crippen LogP contribution in [0, 0.1) is 0 Å². The Morgan fingerprint density at radius 3 is 2.71 bits per heavy atom. The fourth-order valence-corrected chi connectivity index (χ4v) is 3.97. The molecule has 1 aliphatic heterocycles. The number of rotatable bonds is 6. The Kier molecular flexibility index (Phi) is 5.48. The second kappa shape index (κ2) is 7.77. The molecule has 2 N–H and O–H groups in total. The highest BCUT2D eigenvalue weighted by atomic mass is 32.1. The summed E-state index contributed by atoms with van der Waals surface area (Å²) in [6, 6.07) is 10.5. The van der Waals surface area contributed by atoms with Crippen LogP contribution in [-0.4, -0.2) is 42.9 Å². The molecule has 1 aromatic heterocycles. The van der Waals surface area contributed by atoms with Crippen molar-refractivity contribution in [3.05, 3.63) is 35.2 Å². The number of fused-ring (bicyclic) bond motifs is 1. The van der Waals surface area contributed by atoms with Crippen molar-refractivity contribution in [1.82, 2.24) is 15.5 Å². The molecule has 5 nitrogen and oxygen atoms in total. The third-order valence-corrected chi connectivity index (χ3v) is 5.63. The number of carbonyl (C=O) groups is 2.